The molecular weight excluding hydrogens is 708 g/mol. The van der Waals surface area contributed by atoms with Crippen LogP contribution in [0.4, 0.5) is 0 Å². The maximum Gasteiger partial charge on any atom is 0.322 e. The number of carbonyl (C=O) groups excluding carboxylic acids is 5. The zero-order valence-corrected chi connectivity index (χ0v) is 31.6. The maximum atomic E-state index is 12.1. The van der Waals surface area contributed by atoms with Gasteiger partial charge in [0.25, 0.3) is 0 Å². The molecule has 16 heteroatoms. The molecule has 2 aromatic rings. The summed E-state index contributed by atoms with van der Waals surface area (Å²) in [4.78, 5) is 68.3. The molecule has 0 aromatic heterocycles. The van der Waals surface area contributed by atoms with Crippen molar-refractivity contribution >= 4 is 47.9 Å². The second kappa shape index (κ2) is 29.9. The van der Waals surface area contributed by atoms with Gasteiger partial charge in [-0.25, -0.2) is 0 Å². The number of rotatable bonds is 17. The molecule has 0 aliphatic heterocycles. The summed E-state index contributed by atoms with van der Waals surface area (Å²) in [5.41, 5.74) is 7.10. The number of hydrogen-bond acceptors (Lipinski definition) is 9. The Kier molecular flexibility index (Phi) is 29.8. The van der Waals surface area contributed by atoms with Crippen LogP contribution in [0.1, 0.15) is 84.0 Å². The van der Waals surface area contributed by atoms with Crippen LogP contribution in [0.3, 0.4) is 0 Å². The molecule has 0 bridgehead atoms. The van der Waals surface area contributed by atoms with Crippen LogP contribution in [0, 0.1) is 11.8 Å². The molecule has 15 nitrogen and oxygen atoms in total. The molecule has 5 amide bonds. The highest BCUT2D eigenvalue weighted by atomic mass is 35.5. The van der Waals surface area contributed by atoms with Gasteiger partial charge in [-0.05, 0) is 35.8 Å². The van der Waals surface area contributed by atoms with Gasteiger partial charge in [0.2, 0.25) is 29.5 Å². The molecular formula is C37H61ClN6O9. The van der Waals surface area contributed by atoms with Gasteiger partial charge in [0, 0.05) is 14.1 Å². The van der Waals surface area contributed by atoms with Crippen molar-refractivity contribution in [1.29, 1.82) is 0 Å². The van der Waals surface area contributed by atoms with E-state index >= 15 is 0 Å². The van der Waals surface area contributed by atoms with Crippen molar-refractivity contribution in [2.75, 3.05) is 27.2 Å². The fourth-order valence-corrected chi connectivity index (χ4v) is 4.55. The molecule has 0 aliphatic carbocycles. The van der Waals surface area contributed by atoms with Gasteiger partial charge < -0.3 is 47.6 Å². The molecule has 53 heavy (non-hydrogen) atoms. The molecule has 2 rings (SSSR count). The maximum absolute atomic E-state index is 12.1. The number of aliphatic hydroxyl groups excluding tert-OH is 2. The van der Waals surface area contributed by atoms with Crippen LogP contribution in [0.25, 0.3) is 0 Å². The third kappa shape index (κ3) is 21.5. The van der Waals surface area contributed by atoms with Gasteiger partial charge in [0.1, 0.15) is 30.8 Å². The number of nitrogens with two attached hydrogens (primary N) is 1. The largest absolute Gasteiger partial charge is 0.480 e. The number of carboxylic acids is 1. The number of carbonyl (C=O) groups is 6. The van der Waals surface area contributed by atoms with Gasteiger partial charge in [-0.3, -0.25) is 28.8 Å². The number of nitrogens with one attached hydrogen (secondary N) is 5. The molecule has 0 radical (unpaired) electrons. The van der Waals surface area contributed by atoms with Crippen molar-refractivity contribution in [2.45, 2.75) is 85.1 Å². The molecule has 10 N–H and O–H groups in total. The highest BCUT2D eigenvalue weighted by Crippen LogP contribution is 2.13. The van der Waals surface area contributed by atoms with Crippen molar-refractivity contribution in [3.05, 3.63) is 71.8 Å². The zero-order valence-electron chi connectivity index (χ0n) is 30.8. The summed E-state index contributed by atoms with van der Waals surface area (Å²) in [5, 5.41) is 39.7. The Morgan fingerprint density at radius 2 is 1.06 bits per heavy atom. The summed E-state index contributed by atoms with van der Waals surface area (Å²) in [7, 11) is 3.06. The van der Waals surface area contributed by atoms with E-state index in [0.29, 0.717) is 12.0 Å². The van der Waals surface area contributed by atoms with Crippen LogP contribution >= 0.6 is 12.4 Å². The average molecular weight is 769 g/mol. The Balaban J connectivity index is -0.000000759. The Bertz CT molecular complexity index is 1350. The van der Waals surface area contributed by atoms with Gasteiger partial charge in [0.15, 0.2) is 0 Å². The minimum atomic E-state index is -1.16. The van der Waals surface area contributed by atoms with Crippen LogP contribution in [0.2, 0.25) is 0 Å². The predicted molar refractivity (Wildman–Crippen MR) is 207 cm³/mol. The van der Waals surface area contributed by atoms with E-state index in [4.69, 9.17) is 10.8 Å². The minimum Gasteiger partial charge on any atom is -0.480 e. The third-order valence-electron chi connectivity index (χ3n) is 7.57. The summed E-state index contributed by atoms with van der Waals surface area (Å²) < 4.78 is 0. The van der Waals surface area contributed by atoms with E-state index in [1.165, 1.54) is 7.05 Å². The van der Waals surface area contributed by atoms with Crippen molar-refractivity contribution in [2.24, 2.45) is 17.6 Å². The van der Waals surface area contributed by atoms with Gasteiger partial charge in [-0.1, -0.05) is 109 Å². The minimum absolute atomic E-state index is 0. The normalized spacial score (nSPS) is 13.2. The Morgan fingerprint density at radius 1 is 0.660 bits per heavy atom. The topological polar surface area (TPSA) is 249 Å². The lowest BCUT2D eigenvalue weighted by Gasteiger charge is -2.19. The van der Waals surface area contributed by atoms with Crippen LogP contribution in [-0.4, -0.2) is 90.2 Å². The first-order chi connectivity index (χ1) is 24.1. The summed E-state index contributed by atoms with van der Waals surface area (Å²) in [6.45, 7) is 6.71. The van der Waals surface area contributed by atoms with Crippen molar-refractivity contribution < 1.29 is 44.1 Å². The van der Waals surface area contributed by atoms with Gasteiger partial charge in [-0.15, -0.1) is 12.4 Å². The van der Waals surface area contributed by atoms with Crippen molar-refractivity contribution in [1.82, 2.24) is 26.6 Å². The fraction of sp³-hybridized carbons (Fsp3) is 0.514. The Hall–Kier alpha value is -4.57. The van der Waals surface area contributed by atoms with Gasteiger partial charge in [-0.2, -0.15) is 0 Å². The summed E-state index contributed by atoms with van der Waals surface area (Å²) in [5.74, 6) is -3.69. The molecule has 4 unspecified atom stereocenters. The summed E-state index contributed by atoms with van der Waals surface area (Å²) in [6.07, 6.45) is 0.919. The fourth-order valence-electron chi connectivity index (χ4n) is 4.55. The SMILES string of the molecule is C.CCCC(C)C(O)C(=O)NCC(=O)N[C@H](C(=O)NC)c1ccccc1.CCCC(C)C(O)C(=O)NCC(=O)O.CNC(=O)[C@@H](N)c1ccccc1.Cl. The Morgan fingerprint density at radius 3 is 1.43 bits per heavy atom. The zero-order chi connectivity index (χ0) is 38.9. The van der Waals surface area contributed by atoms with Crippen LogP contribution in [0.5, 0.6) is 0 Å². The highest BCUT2D eigenvalue weighted by Gasteiger charge is 2.25. The van der Waals surface area contributed by atoms with Crippen molar-refractivity contribution in [3.8, 4) is 0 Å². The first-order valence-electron chi connectivity index (χ1n) is 16.9. The lowest BCUT2D eigenvalue weighted by Crippen LogP contribution is -2.46. The number of benzene rings is 2. The van der Waals surface area contributed by atoms with E-state index < -0.39 is 54.5 Å². The molecule has 0 fully saturated rings. The number of hydrogen-bond donors (Lipinski definition) is 9. The van der Waals surface area contributed by atoms with Crippen LogP contribution < -0.4 is 32.3 Å². The molecule has 0 aliphatic rings. The van der Waals surface area contributed by atoms with Gasteiger partial charge >= 0.3 is 5.97 Å². The Labute approximate surface area is 319 Å². The van der Waals surface area contributed by atoms with E-state index in [2.05, 4.69) is 26.6 Å². The monoisotopic (exact) mass is 768 g/mol. The number of likely N-dealkylation sites (N-methyl/N-ethyl adjacent to an activating group) is 2. The molecule has 300 valence electrons. The first kappa shape index (κ1) is 52.8. The second-order valence-corrected chi connectivity index (χ2v) is 11.8. The predicted octanol–water partition coefficient (Wildman–Crippen LogP) is 1.98. The number of amides is 5. The smallest absolute Gasteiger partial charge is 0.322 e. The molecule has 6 atom stereocenters. The van der Waals surface area contributed by atoms with Gasteiger partial charge in [0.05, 0.1) is 6.54 Å². The number of aliphatic carboxylic acids is 1. The highest BCUT2D eigenvalue weighted by molar-refractivity contribution is 5.91. The molecule has 0 saturated carbocycles. The van der Waals surface area contributed by atoms with Crippen LogP contribution in [-0.2, 0) is 28.8 Å². The lowest BCUT2D eigenvalue weighted by molar-refractivity contribution is -0.140. The average Bonchev–Trinajstić information content (AvgIpc) is 3.14. The van der Waals surface area contributed by atoms with E-state index in [1.807, 2.05) is 50.2 Å². The molecule has 0 saturated heterocycles. The summed E-state index contributed by atoms with van der Waals surface area (Å²) in [6, 6.07) is 16.7. The quantitative estimate of drug-likeness (QED) is 0.113. The van der Waals surface area contributed by atoms with E-state index in [9.17, 15) is 39.0 Å². The molecule has 0 heterocycles. The summed E-state index contributed by atoms with van der Waals surface area (Å²) >= 11 is 0. The number of aliphatic hydroxyl groups is 2. The van der Waals surface area contributed by atoms with E-state index in [-0.39, 0.29) is 50.0 Å². The number of carboxylic acid groups (broad SMARTS) is 1. The third-order valence-corrected chi connectivity index (χ3v) is 7.57. The second-order valence-electron chi connectivity index (χ2n) is 11.8. The van der Waals surface area contributed by atoms with Crippen LogP contribution in [0.15, 0.2) is 60.7 Å². The van der Waals surface area contributed by atoms with Crippen molar-refractivity contribution in [3.63, 3.8) is 0 Å². The first-order valence-corrected chi connectivity index (χ1v) is 16.9. The molecule has 0 spiro atoms. The van der Waals surface area contributed by atoms with E-state index in [1.54, 1.807) is 45.2 Å². The lowest BCUT2D eigenvalue weighted by atomic mass is 9.99. The molecule has 2 aromatic carbocycles. The standard InChI is InChI=1S/C18H27N3O4.C9H12N2O.C9H17NO4.CH4.ClH/c1-4-8-12(2)16(23)18(25)20-11-14(22)21-15(17(24)19-3)13-9-6-5-7-10-13;1-11-9(12)8(10)7-5-3-2-4-6-7;1-3-4-6(2)8(13)9(14)10-5-7(11)12;;/h5-7,9-10,12,15-16,23H,4,8,11H2,1-3H3,(H,19,24)(H,20,25)(H,21,22);2-6,8H,10H2,1H3,(H,11,12);6,8,13H,3-5H2,1-2H3,(H,10,14)(H,11,12);1H4;1H/t12?,15-,16?;8-;;;/m00.../s1. The van der Waals surface area contributed by atoms with E-state index in [0.717, 1.165) is 24.8 Å². The number of halogens is 1.